The SMILES string of the molecule is CC(C)CN1CCC[C@@H]1CN=C(N)N1CCN(C(=O)OC(C)(C)C)CC1. The molecule has 0 aromatic rings. The van der Waals surface area contributed by atoms with Crippen molar-refractivity contribution in [1.29, 1.82) is 0 Å². The maximum atomic E-state index is 12.1. The minimum absolute atomic E-state index is 0.247. The average molecular weight is 368 g/mol. The molecule has 2 aliphatic rings. The fraction of sp³-hybridized carbons (Fsp3) is 0.895. The largest absolute Gasteiger partial charge is 0.444 e. The number of hydrogen-bond acceptors (Lipinski definition) is 4. The third kappa shape index (κ3) is 6.34. The average Bonchev–Trinajstić information content (AvgIpc) is 2.97. The van der Waals surface area contributed by atoms with E-state index in [0.29, 0.717) is 44.1 Å². The van der Waals surface area contributed by atoms with Crippen molar-refractivity contribution in [3.05, 3.63) is 0 Å². The van der Waals surface area contributed by atoms with E-state index in [4.69, 9.17) is 10.5 Å². The Morgan fingerprint density at radius 1 is 1.15 bits per heavy atom. The fourth-order valence-corrected chi connectivity index (χ4v) is 3.55. The van der Waals surface area contributed by atoms with Gasteiger partial charge in [-0.05, 0) is 46.1 Å². The first-order valence-corrected chi connectivity index (χ1v) is 9.92. The van der Waals surface area contributed by atoms with E-state index in [9.17, 15) is 4.79 Å². The second kappa shape index (κ2) is 8.93. The van der Waals surface area contributed by atoms with Crippen molar-refractivity contribution in [2.45, 2.75) is 59.1 Å². The van der Waals surface area contributed by atoms with Crippen LogP contribution in [0.1, 0.15) is 47.5 Å². The lowest BCUT2D eigenvalue weighted by molar-refractivity contribution is 0.0186. The first-order valence-electron chi connectivity index (χ1n) is 9.92. The lowest BCUT2D eigenvalue weighted by atomic mass is 10.2. The molecule has 2 saturated heterocycles. The maximum absolute atomic E-state index is 12.1. The van der Waals surface area contributed by atoms with E-state index in [2.05, 4.69) is 28.6 Å². The standard InChI is InChI=1S/C19H37N5O2/c1-15(2)14-24-8-6-7-16(24)13-21-17(20)22-9-11-23(12-10-22)18(25)26-19(3,4)5/h15-16H,6-14H2,1-5H3,(H2,20,21)/t16-/m1/s1. The van der Waals surface area contributed by atoms with Crippen molar-refractivity contribution in [3.63, 3.8) is 0 Å². The van der Waals surface area contributed by atoms with Crippen LogP contribution in [0.2, 0.25) is 0 Å². The molecule has 0 bridgehead atoms. The van der Waals surface area contributed by atoms with Gasteiger partial charge in [-0.15, -0.1) is 0 Å². The van der Waals surface area contributed by atoms with Crippen LogP contribution in [0.15, 0.2) is 4.99 Å². The van der Waals surface area contributed by atoms with Gasteiger partial charge in [0.05, 0.1) is 6.54 Å². The molecule has 1 atom stereocenters. The number of nitrogens with zero attached hydrogens (tertiary/aromatic N) is 4. The van der Waals surface area contributed by atoms with Crippen LogP contribution >= 0.6 is 0 Å². The lowest BCUT2D eigenvalue weighted by Crippen LogP contribution is -2.53. The maximum Gasteiger partial charge on any atom is 0.410 e. The molecule has 7 heteroatoms. The zero-order valence-corrected chi connectivity index (χ0v) is 17.2. The molecule has 1 amide bonds. The molecule has 2 fully saturated rings. The summed E-state index contributed by atoms with van der Waals surface area (Å²) >= 11 is 0. The topological polar surface area (TPSA) is 74.4 Å². The number of hydrogen-bond donors (Lipinski definition) is 1. The van der Waals surface area contributed by atoms with E-state index in [1.165, 1.54) is 19.4 Å². The molecule has 0 radical (unpaired) electrons. The minimum Gasteiger partial charge on any atom is -0.444 e. The number of ether oxygens (including phenoxy) is 1. The molecule has 0 aromatic heterocycles. The highest BCUT2D eigenvalue weighted by molar-refractivity contribution is 5.78. The molecule has 7 nitrogen and oxygen atoms in total. The first-order chi connectivity index (χ1) is 12.2. The van der Waals surface area contributed by atoms with Crippen LogP contribution in [-0.4, -0.2) is 84.2 Å². The van der Waals surface area contributed by atoms with E-state index in [0.717, 1.165) is 13.1 Å². The Balaban J connectivity index is 1.79. The van der Waals surface area contributed by atoms with Crippen LogP contribution in [0.3, 0.4) is 0 Å². The highest BCUT2D eigenvalue weighted by Crippen LogP contribution is 2.19. The van der Waals surface area contributed by atoms with Gasteiger partial charge in [-0.25, -0.2) is 4.79 Å². The summed E-state index contributed by atoms with van der Waals surface area (Å²) in [7, 11) is 0. The summed E-state index contributed by atoms with van der Waals surface area (Å²) < 4.78 is 5.43. The van der Waals surface area contributed by atoms with Gasteiger partial charge in [0.15, 0.2) is 5.96 Å². The summed E-state index contributed by atoms with van der Waals surface area (Å²) in [5, 5.41) is 0. The molecule has 0 saturated carbocycles. The van der Waals surface area contributed by atoms with Crippen molar-refractivity contribution in [2.75, 3.05) is 45.8 Å². The van der Waals surface area contributed by atoms with Gasteiger partial charge >= 0.3 is 6.09 Å². The number of rotatable bonds is 4. The second-order valence-electron chi connectivity index (χ2n) is 8.84. The molecule has 0 aromatic carbocycles. The third-order valence-electron chi connectivity index (χ3n) is 4.82. The molecule has 150 valence electrons. The molecule has 2 rings (SSSR count). The van der Waals surface area contributed by atoms with Crippen molar-refractivity contribution in [3.8, 4) is 0 Å². The van der Waals surface area contributed by atoms with Crippen molar-refractivity contribution >= 4 is 12.1 Å². The monoisotopic (exact) mass is 367 g/mol. The molecule has 2 aliphatic heterocycles. The van der Waals surface area contributed by atoms with Crippen molar-refractivity contribution in [1.82, 2.24) is 14.7 Å². The number of nitrogens with two attached hydrogens (primary N) is 1. The van der Waals surface area contributed by atoms with E-state index in [1.807, 2.05) is 20.8 Å². The second-order valence-corrected chi connectivity index (χ2v) is 8.84. The van der Waals surface area contributed by atoms with Gasteiger partial charge in [-0.3, -0.25) is 9.89 Å². The lowest BCUT2D eigenvalue weighted by Gasteiger charge is -2.36. The summed E-state index contributed by atoms with van der Waals surface area (Å²) in [4.78, 5) is 23.2. The van der Waals surface area contributed by atoms with Crippen LogP contribution in [0.5, 0.6) is 0 Å². The van der Waals surface area contributed by atoms with Crippen LogP contribution in [0.25, 0.3) is 0 Å². The number of guanidine groups is 1. The number of amides is 1. The highest BCUT2D eigenvalue weighted by atomic mass is 16.6. The predicted molar refractivity (Wildman–Crippen MR) is 105 cm³/mol. The molecule has 2 heterocycles. The first kappa shape index (κ1) is 20.8. The zero-order valence-electron chi connectivity index (χ0n) is 17.2. The number of carbonyl (C=O) groups excluding carboxylic acids is 1. The van der Waals surface area contributed by atoms with Gasteiger partial charge in [-0.1, -0.05) is 13.8 Å². The summed E-state index contributed by atoms with van der Waals surface area (Å²) in [5.74, 6) is 1.28. The predicted octanol–water partition coefficient (Wildman–Crippen LogP) is 1.97. The molecule has 0 aliphatic carbocycles. The number of piperazine rings is 1. The Kier molecular flexibility index (Phi) is 7.15. The Labute approximate surface area is 158 Å². The van der Waals surface area contributed by atoms with E-state index >= 15 is 0 Å². The van der Waals surface area contributed by atoms with Crippen molar-refractivity contribution < 1.29 is 9.53 Å². The van der Waals surface area contributed by atoms with E-state index in [1.54, 1.807) is 4.90 Å². The van der Waals surface area contributed by atoms with E-state index < -0.39 is 5.60 Å². The van der Waals surface area contributed by atoms with Gasteiger partial charge < -0.3 is 20.3 Å². The summed E-state index contributed by atoms with van der Waals surface area (Å²) in [6, 6.07) is 0.513. The molecule has 26 heavy (non-hydrogen) atoms. The quantitative estimate of drug-likeness (QED) is 0.607. The molecule has 0 unspecified atom stereocenters. The van der Waals surface area contributed by atoms with E-state index in [-0.39, 0.29) is 6.09 Å². The number of aliphatic imine (C=N–C) groups is 1. The van der Waals surface area contributed by atoms with Crippen LogP contribution in [0.4, 0.5) is 4.79 Å². The zero-order chi connectivity index (χ0) is 19.3. The van der Waals surface area contributed by atoms with Crippen LogP contribution in [0, 0.1) is 5.92 Å². The molecule has 0 spiro atoms. The number of carbonyl (C=O) groups is 1. The summed E-state index contributed by atoms with van der Waals surface area (Å²) in [5.41, 5.74) is 5.76. The molecular formula is C19H37N5O2. The smallest absolute Gasteiger partial charge is 0.410 e. The molecule has 2 N–H and O–H groups in total. The normalized spacial score (nSPS) is 23.0. The van der Waals surface area contributed by atoms with Gasteiger partial charge in [-0.2, -0.15) is 0 Å². The Bertz CT molecular complexity index is 493. The number of likely N-dealkylation sites (tertiary alicyclic amines) is 1. The summed E-state index contributed by atoms with van der Waals surface area (Å²) in [6.45, 7) is 15.9. The van der Waals surface area contributed by atoms with Gasteiger partial charge in [0, 0.05) is 38.8 Å². The van der Waals surface area contributed by atoms with Crippen LogP contribution < -0.4 is 5.73 Å². The fourth-order valence-electron chi connectivity index (χ4n) is 3.55. The Hall–Kier alpha value is -1.50. The Morgan fingerprint density at radius 2 is 1.77 bits per heavy atom. The van der Waals surface area contributed by atoms with Crippen LogP contribution in [-0.2, 0) is 4.74 Å². The van der Waals surface area contributed by atoms with Gasteiger partial charge in [0.2, 0.25) is 0 Å². The Morgan fingerprint density at radius 3 is 2.35 bits per heavy atom. The van der Waals surface area contributed by atoms with Gasteiger partial charge in [0.1, 0.15) is 5.60 Å². The van der Waals surface area contributed by atoms with Crippen molar-refractivity contribution in [2.24, 2.45) is 16.6 Å². The summed E-state index contributed by atoms with van der Waals surface area (Å²) in [6.07, 6.45) is 2.21. The third-order valence-corrected chi connectivity index (χ3v) is 4.82. The highest BCUT2D eigenvalue weighted by Gasteiger charge is 2.27. The minimum atomic E-state index is -0.460. The molecular weight excluding hydrogens is 330 g/mol. The van der Waals surface area contributed by atoms with Gasteiger partial charge in [0.25, 0.3) is 0 Å².